The summed E-state index contributed by atoms with van der Waals surface area (Å²) in [5.41, 5.74) is 2.15. The summed E-state index contributed by atoms with van der Waals surface area (Å²) >= 11 is 0. The van der Waals surface area contributed by atoms with Crippen LogP contribution in [0.2, 0.25) is 0 Å². The van der Waals surface area contributed by atoms with Crippen LogP contribution in [0.3, 0.4) is 0 Å². The van der Waals surface area contributed by atoms with Gasteiger partial charge in [0, 0.05) is 11.3 Å². The van der Waals surface area contributed by atoms with Crippen LogP contribution in [0, 0.1) is 5.41 Å². The van der Waals surface area contributed by atoms with Crippen molar-refractivity contribution < 1.29 is 0 Å². The minimum absolute atomic E-state index is 0.0225. The zero-order valence-electron chi connectivity index (χ0n) is 12.7. The highest BCUT2D eigenvalue weighted by molar-refractivity contribution is 5.99. The van der Waals surface area contributed by atoms with Gasteiger partial charge in [-0.3, -0.25) is 0 Å². The summed E-state index contributed by atoms with van der Waals surface area (Å²) in [4.78, 5) is 4.61. The smallest absolute Gasteiger partial charge is 0.122 e. The van der Waals surface area contributed by atoms with E-state index in [4.69, 9.17) is 0 Å². The monoisotopic (exact) mass is 236 g/mol. The quantitative estimate of drug-likeness (QED) is 0.726. The Bertz CT molecular complexity index is 333. The summed E-state index contributed by atoms with van der Waals surface area (Å²) < 4.78 is 0. The van der Waals surface area contributed by atoms with Crippen LogP contribution in [-0.2, 0) is 0 Å². The van der Waals surface area contributed by atoms with Crippen molar-refractivity contribution in [1.82, 2.24) is 5.32 Å². The van der Waals surface area contributed by atoms with E-state index in [1.54, 1.807) is 0 Å². The normalized spacial score (nSPS) is 14.8. The van der Waals surface area contributed by atoms with Crippen molar-refractivity contribution in [3.05, 3.63) is 24.0 Å². The summed E-state index contributed by atoms with van der Waals surface area (Å²) in [6.07, 6.45) is 1.99. The molecule has 0 heterocycles. The van der Waals surface area contributed by atoms with Crippen molar-refractivity contribution >= 4 is 5.71 Å². The molecule has 0 atom stereocenters. The summed E-state index contributed by atoms with van der Waals surface area (Å²) in [5.74, 6) is 0.903. The molecule has 0 amide bonds. The molecule has 0 rings (SSSR count). The molecule has 0 aliphatic heterocycles. The fourth-order valence-corrected chi connectivity index (χ4v) is 1.34. The molecule has 0 aromatic carbocycles. The second-order valence-electron chi connectivity index (χ2n) is 6.47. The van der Waals surface area contributed by atoms with Crippen molar-refractivity contribution in [1.29, 1.82) is 0 Å². The lowest BCUT2D eigenvalue weighted by atomic mass is 9.85. The zero-order chi connectivity index (χ0) is 13.9. The maximum atomic E-state index is 4.61. The van der Waals surface area contributed by atoms with Gasteiger partial charge in [0.15, 0.2) is 0 Å². The van der Waals surface area contributed by atoms with Crippen molar-refractivity contribution in [2.45, 2.75) is 60.9 Å². The predicted molar refractivity (Wildman–Crippen MR) is 78.3 cm³/mol. The van der Waals surface area contributed by atoms with Gasteiger partial charge >= 0.3 is 0 Å². The Hall–Kier alpha value is -1.05. The van der Waals surface area contributed by atoms with Gasteiger partial charge in [-0.15, -0.1) is 0 Å². The molecule has 0 aromatic rings. The lowest BCUT2D eigenvalue weighted by Crippen LogP contribution is -2.34. The van der Waals surface area contributed by atoms with Gasteiger partial charge in [-0.1, -0.05) is 27.4 Å². The zero-order valence-corrected chi connectivity index (χ0v) is 12.7. The van der Waals surface area contributed by atoms with Gasteiger partial charge in [-0.05, 0) is 51.7 Å². The Morgan fingerprint density at radius 2 is 1.59 bits per heavy atom. The van der Waals surface area contributed by atoms with Crippen LogP contribution in [0.1, 0.15) is 55.4 Å². The van der Waals surface area contributed by atoms with E-state index in [1.807, 2.05) is 19.9 Å². The maximum Gasteiger partial charge on any atom is 0.122 e. The lowest BCUT2D eigenvalue weighted by Gasteiger charge is -2.25. The van der Waals surface area contributed by atoms with Gasteiger partial charge in [0.05, 0.1) is 0 Å². The van der Waals surface area contributed by atoms with Gasteiger partial charge < -0.3 is 5.32 Å². The second-order valence-corrected chi connectivity index (χ2v) is 6.47. The van der Waals surface area contributed by atoms with Crippen LogP contribution >= 0.6 is 0 Å². The molecule has 98 valence electrons. The van der Waals surface area contributed by atoms with Crippen molar-refractivity contribution in [3.63, 3.8) is 0 Å². The Labute approximate surface area is 107 Å². The van der Waals surface area contributed by atoms with Crippen molar-refractivity contribution in [2.24, 2.45) is 10.4 Å². The number of hydrogen-bond acceptors (Lipinski definition) is 2. The van der Waals surface area contributed by atoms with E-state index in [9.17, 15) is 0 Å². The molecule has 0 spiro atoms. The molecule has 0 aromatic heterocycles. The molecule has 0 aliphatic carbocycles. The summed E-state index contributed by atoms with van der Waals surface area (Å²) in [6, 6.07) is 0. The van der Waals surface area contributed by atoms with E-state index in [1.165, 1.54) is 0 Å². The Morgan fingerprint density at radius 3 is 1.88 bits per heavy atom. The fourth-order valence-electron chi connectivity index (χ4n) is 1.34. The first-order chi connectivity index (χ1) is 7.47. The highest BCUT2D eigenvalue weighted by Gasteiger charge is 2.18. The van der Waals surface area contributed by atoms with Crippen molar-refractivity contribution in [2.75, 3.05) is 0 Å². The maximum absolute atomic E-state index is 4.61. The first kappa shape index (κ1) is 16.0. The Kier molecular flexibility index (Phi) is 5.18. The van der Waals surface area contributed by atoms with Gasteiger partial charge in [0.1, 0.15) is 5.82 Å². The number of aliphatic imine (C=N–C) groups is 1. The van der Waals surface area contributed by atoms with Gasteiger partial charge in [-0.25, -0.2) is 4.99 Å². The molecule has 0 unspecified atom stereocenters. The summed E-state index contributed by atoms with van der Waals surface area (Å²) in [7, 11) is 0. The molecular weight excluding hydrogens is 208 g/mol. The highest BCUT2D eigenvalue weighted by Crippen LogP contribution is 2.25. The average Bonchev–Trinajstić information content (AvgIpc) is 2.11. The van der Waals surface area contributed by atoms with E-state index in [0.29, 0.717) is 0 Å². The third kappa shape index (κ3) is 6.30. The molecule has 17 heavy (non-hydrogen) atoms. The molecular formula is C15H28N2. The minimum Gasteiger partial charge on any atom is -0.366 e. The molecule has 0 bridgehead atoms. The van der Waals surface area contributed by atoms with Crippen molar-refractivity contribution in [3.8, 4) is 0 Å². The number of rotatable bonds is 3. The van der Waals surface area contributed by atoms with E-state index in [2.05, 4.69) is 58.4 Å². The average molecular weight is 236 g/mol. The number of hydrogen-bond donors (Lipinski definition) is 1. The largest absolute Gasteiger partial charge is 0.366 e. The topological polar surface area (TPSA) is 24.4 Å². The van der Waals surface area contributed by atoms with Crippen LogP contribution in [0.4, 0.5) is 0 Å². The fraction of sp³-hybridized carbons (Fsp3) is 0.667. The molecule has 0 saturated heterocycles. The van der Waals surface area contributed by atoms with Crippen LogP contribution in [0.25, 0.3) is 0 Å². The summed E-state index contributed by atoms with van der Waals surface area (Å²) in [6.45, 7) is 21.0. The van der Waals surface area contributed by atoms with E-state index in [-0.39, 0.29) is 11.0 Å². The van der Waals surface area contributed by atoms with Crippen LogP contribution in [0.15, 0.2) is 29.0 Å². The molecule has 2 heteroatoms. The van der Waals surface area contributed by atoms with Crippen LogP contribution in [0.5, 0.6) is 0 Å². The first-order valence-electron chi connectivity index (χ1n) is 6.17. The van der Waals surface area contributed by atoms with Gasteiger partial charge in [-0.2, -0.15) is 0 Å². The van der Waals surface area contributed by atoms with E-state index >= 15 is 0 Å². The molecule has 0 radical (unpaired) electrons. The van der Waals surface area contributed by atoms with Crippen LogP contribution in [-0.4, -0.2) is 11.3 Å². The second kappa shape index (κ2) is 5.52. The molecule has 0 saturated carbocycles. The van der Waals surface area contributed by atoms with E-state index in [0.717, 1.165) is 17.1 Å². The third-order valence-corrected chi connectivity index (χ3v) is 2.41. The molecule has 2 nitrogen and oxygen atoms in total. The third-order valence-electron chi connectivity index (χ3n) is 2.41. The number of nitrogens with one attached hydrogen (secondary N) is 1. The minimum atomic E-state index is 0.0225. The van der Waals surface area contributed by atoms with Gasteiger partial charge in [0.2, 0.25) is 0 Å². The molecule has 0 fully saturated rings. The standard InChI is InChI=1S/C15H28N2/c1-10-13(17-15(7,8)9)16-12(3)11(2)14(4,5)6/h10,17H,2H2,1,3-9H3/b13-10+,16-12?. The lowest BCUT2D eigenvalue weighted by molar-refractivity contribution is 0.470. The van der Waals surface area contributed by atoms with Crippen LogP contribution < -0.4 is 5.32 Å². The number of allylic oxidation sites excluding steroid dienone is 2. The predicted octanol–water partition coefficient (Wildman–Crippen LogP) is 4.30. The van der Waals surface area contributed by atoms with E-state index < -0.39 is 0 Å². The Morgan fingerprint density at radius 1 is 1.12 bits per heavy atom. The molecule has 1 N–H and O–H groups in total. The highest BCUT2D eigenvalue weighted by atomic mass is 15.1. The SMILES string of the molecule is C=C(C(C)=N/C(=C\C)NC(C)(C)C)C(C)(C)C. The molecule has 0 aliphatic rings. The first-order valence-corrected chi connectivity index (χ1v) is 6.17. The number of nitrogens with zero attached hydrogens (tertiary/aromatic N) is 1. The Balaban J connectivity index is 4.95. The summed E-state index contributed by atoms with van der Waals surface area (Å²) in [5, 5.41) is 3.38. The van der Waals surface area contributed by atoms with Gasteiger partial charge in [0.25, 0.3) is 0 Å².